The van der Waals surface area contributed by atoms with Crippen LogP contribution in [0.25, 0.3) is 0 Å². The molecule has 3 rings (SSSR count). The van der Waals surface area contributed by atoms with Gasteiger partial charge in [0.1, 0.15) is 5.60 Å². The van der Waals surface area contributed by atoms with Gasteiger partial charge in [0, 0.05) is 4.83 Å². The van der Waals surface area contributed by atoms with Gasteiger partial charge in [-0.2, -0.15) is 0 Å². The van der Waals surface area contributed by atoms with Gasteiger partial charge in [-0.05, 0) is 51.3 Å². The topological polar surface area (TPSA) is 38.8 Å². The quantitative estimate of drug-likeness (QED) is 0.516. The number of benzene rings is 1. The molecule has 8 heteroatoms. The van der Waals surface area contributed by atoms with E-state index in [4.69, 9.17) is 9.47 Å². The monoisotopic (exact) mass is 435 g/mol. The second kappa shape index (κ2) is 6.71. The Labute approximate surface area is 158 Å². The molecule has 1 aromatic rings. The van der Waals surface area contributed by atoms with Crippen molar-refractivity contribution >= 4 is 22.0 Å². The standard InChI is InChI=1S/C18H21BrF3NO3/c1-17(2,3)26-16(24)23-8-11(6-18(23)7-14(18)19)25-9-10-4-12(20)15(22)13(21)5-10/h4-5,11,14H,6-9H2,1-3H3. The lowest BCUT2D eigenvalue weighted by Gasteiger charge is -2.28. The number of ether oxygens (including phenoxy) is 2. The molecule has 3 unspecified atom stereocenters. The van der Waals surface area contributed by atoms with Gasteiger partial charge < -0.3 is 9.47 Å². The number of carbonyl (C=O) groups is 1. The van der Waals surface area contributed by atoms with Crippen LogP contribution in [0.4, 0.5) is 18.0 Å². The van der Waals surface area contributed by atoms with Gasteiger partial charge in [-0.25, -0.2) is 18.0 Å². The normalized spacial score (nSPS) is 27.9. The smallest absolute Gasteiger partial charge is 0.410 e. The zero-order valence-corrected chi connectivity index (χ0v) is 16.4. The van der Waals surface area contributed by atoms with E-state index in [1.54, 1.807) is 25.7 Å². The Hall–Kier alpha value is -1.28. The number of alkyl halides is 1. The molecule has 1 saturated heterocycles. The van der Waals surface area contributed by atoms with E-state index in [1.807, 2.05) is 0 Å². The third-order valence-electron chi connectivity index (χ3n) is 4.60. The van der Waals surface area contributed by atoms with Gasteiger partial charge in [0.05, 0.1) is 24.8 Å². The van der Waals surface area contributed by atoms with Gasteiger partial charge in [-0.15, -0.1) is 0 Å². The van der Waals surface area contributed by atoms with Crippen molar-refractivity contribution in [2.75, 3.05) is 6.54 Å². The SMILES string of the molecule is CC(C)(C)OC(=O)N1CC(OCc2cc(F)c(F)c(F)c2)CC12CC2Br. The fourth-order valence-corrected chi connectivity index (χ4v) is 4.28. The number of halogens is 4. The molecule has 3 atom stereocenters. The Morgan fingerprint density at radius 3 is 2.35 bits per heavy atom. The van der Waals surface area contributed by atoms with E-state index in [1.165, 1.54) is 0 Å². The third kappa shape index (κ3) is 3.86. The number of nitrogens with zero attached hydrogens (tertiary/aromatic N) is 1. The zero-order chi connectivity index (χ0) is 19.3. The summed E-state index contributed by atoms with van der Waals surface area (Å²) >= 11 is 3.56. The number of likely N-dealkylation sites (tertiary alicyclic amines) is 1. The van der Waals surface area contributed by atoms with Crippen molar-refractivity contribution in [2.45, 2.75) is 62.3 Å². The highest BCUT2D eigenvalue weighted by Gasteiger charge is 2.64. The summed E-state index contributed by atoms with van der Waals surface area (Å²) in [6.45, 7) is 5.68. The van der Waals surface area contributed by atoms with Crippen LogP contribution < -0.4 is 0 Å². The molecular weight excluding hydrogens is 415 g/mol. The maximum Gasteiger partial charge on any atom is 0.410 e. The Kier molecular flexibility index (Phi) is 5.03. The molecule has 1 aliphatic carbocycles. The van der Waals surface area contributed by atoms with E-state index in [2.05, 4.69) is 15.9 Å². The van der Waals surface area contributed by atoms with Gasteiger partial charge in [-0.1, -0.05) is 15.9 Å². The summed E-state index contributed by atoms with van der Waals surface area (Å²) in [6, 6.07) is 1.83. The van der Waals surface area contributed by atoms with E-state index in [9.17, 15) is 18.0 Å². The van der Waals surface area contributed by atoms with Crippen molar-refractivity contribution in [1.82, 2.24) is 4.90 Å². The minimum atomic E-state index is -1.50. The minimum absolute atomic E-state index is 0.0655. The summed E-state index contributed by atoms with van der Waals surface area (Å²) < 4.78 is 50.9. The number of amides is 1. The minimum Gasteiger partial charge on any atom is -0.444 e. The molecule has 0 N–H and O–H groups in total. The molecule has 1 heterocycles. The summed E-state index contributed by atoms with van der Waals surface area (Å²) in [5.74, 6) is -3.99. The van der Waals surface area contributed by atoms with Crippen LogP contribution >= 0.6 is 15.9 Å². The maximum absolute atomic E-state index is 13.3. The molecule has 2 aliphatic rings. The Bertz CT molecular complexity index is 701. The van der Waals surface area contributed by atoms with Gasteiger partial charge >= 0.3 is 6.09 Å². The molecule has 144 valence electrons. The van der Waals surface area contributed by atoms with Crippen molar-refractivity contribution in [2.24, 2.45) is 0 Å². The first-order valence-electron chi connectivity index (χ1n) is 8.41. The molecule has 1 aliphatic heterocycles. The van der Waals surface area contributed by atoms with Gasteiger partial charge in [0.25, 0.3) is 0 Å². The predicted octanol–water partition coefficient (Wildman–Crippen LogP) is 4.54. The van der Waals surface area contributed by atoms with Crippen LogP contribution in [-0.2, 0) is 16.1 Å². The lowest BCUT2D eigenvalue weighted by Crippen LogP contribution is -2.42. The lowest BCUT2D eigenvalue weighted by atomic mass is 10.1. The summed E-state index contributed by atoms with van der Waals surface area (Å²) in [5.41, 5.74) is -0.735. The summed E-state index contributed by atoms with van der Waals surface area (Å²) in [4.78, 5) is 14.3. The molecule has 0 radical (unpaired) electrons. The van der Waals surface area contributed by atoms with E-state index in [0.717, 1.165) is 18.6 Å². The Morgan fingerprint density at radius 2 is 1.85 bits per heavy atom. The Morgan fingerprint density at radius 1 is 1.27 bits per heavy atom. The number of carbonyl (C=O) groups excluding carboxylic acids is 1. The van der Waals surface area contributed by atoms with Crippen molar-refractivity contribution in [3.8, 4) is 0 Å². The molecule has 2 fully saturated rings. The fraction of sp³-hybridized carbons (Fsp3) is 0.611. The second-order valence-corrected chi connectivity index (χ2v) is 8.98. The number of hydrogen-bond donors (Lipinski definition) is 0. The number of rotatable bonds is 3. The van der Waals surface area contributed by atoms with Crippen LogP contribution in [0.3, 0.4) is 0 Å². The van der Waals surface area contributed by atoms with Gasteiger partial charge in [-0.3, -0.25) is 4.90 Å². The molecule has 4 nitrogen and oxygen atoms in total. The van der Waals surface area contributed by atoms with Crippen molar-refractivity contribution in [3.05, 3.63) is 35.1 Å². The maximum atomic E-state index is 13.3. The summed E-state index contributed by atoms with van der Waals surface area (Å²) in [7, 11) is 0. The average molecular weight is 436 g/mol. The van der Waals surface area contributed by atoms with E-state index < -0.39 is 29.1 Å². The first-order valence-corrected chi connectivity index (χ1v) is 9.33. The van der Waals surface area contributed by atoms with Crippen LogP contribution in [0.1, 0.15) is 39.2 Å². The van der Waals surface area contributed by atoms with Crippen molar-refractivity contribution in [3.63, 3.8) is 0 Å². The number of hydrogen-bond acceptors (Lipinski definition) is 3. The molecule has 1 aromatic carbocycles. The molecule has 1 saturated carbocycles. The zero-order valence-electron chi connectivity index (χ0n) is 14.8. The van der Waals surface area contributed by atoms with Crippen LogP contribution in [0.5, 0.6) is 0 Å². The first kappa shape index (κ1) is 19.5. The van der Waals surface area contributed by atoms with Gasteiger partial charge in [0.2, 0.25) is 0 Å². The second-order valence-electron chi connectivity index (χ2n) is 7.88. The van der Waals surface area contributed by atoms with Gasteiger partial charge in [0.15, 0.2) is 17.5 Å². The molecule has 1 amide bonds. The average Bonchev–Trinajstić information content (AvgIpc) is 2.99. The largest absolute Gasteiger partial charge is 0.444 e. The molecule has 26 heavy (non-hydrogen) atoms. The first-order chi connectivity index (χ1) is 12.0. The summed E-state index contributed by atoms with van der Waals surface area (Å²) in [6.07, 6.45) is 0.714. The van der Waals surface area contributed by atoms with Crippen LogP contribution in [0.2, 0.25) is 0 Å². The Balaban J connectivity index is 1.65. The van der Waals surface area contributed by atoms with Crippen LogP contribution in [0.15, 0.2) is 12.1 Å². The summed E-state index contributed by atoms with van der Waals surface area (Å²) in [5, 5.41) is 0. The molecule has 1 spiro atoms. The highest BCUT2D eigenvalue weighted by atomic mass is 79.9. The van der Waals surface area contributed by atoms with E-state index in [0.29, 0.717) is 13.0 Å². The fourth-order valence-electron chi connectivity index (χ4n) is 3.29. The van der Waals surface area contributed by atoms with Crippen molar-refractivity contribution < 1.29 is 27.4 Å². The lowest BCUT2D eigenvalue weighted by molar-refractivity contribution is 0.0137. The third-order valence-corrected chi connectivity index (χ3v) is 5.78. The van der Waals surface area contributed by atoms with E-state index >= 15 is 0 Å². The van der Waals surface area contributed by atoms with Crippen molar-refractivity contribution in [1.29, 1.82) is 0 Å². The highest BCUT2D eigenvalue weighted by molar-refractivity contribution is 9.09. The van der Waals surface area contributed by atoms with Crippen LogP contribution in [0, 0.1) is 17.5 Å². The molecule has 0 aromatic heterocycles. The highest BCUT2D eigenvalue weighted by Crippen LogP contribution is 2.55. The predicted molar refractivity (Wildman–Crippen MR) is 92.5 cm³/mol. The van der Waals surface area contributed by atoms with Crippen LogP contribution in [-0.4, -0.2) is 39.6 Å². The molecule has 0 bridgehead atoms. The van der Waals surface area contributed by atoms with E-state index in [-0.39, 0.29) is 28.6 Å². The molecular formula is C18H21BrF3NO3.